The largest absolute Gasteiger partial charge is 0.481 e. The van der Waals surface area contributed by atoms with Crippen molar-refractivity contribution in [1.82, 2.24) is 4.90 Å². The van der Waals surface area contributed by atoms with Gasteiger partial charge in [-0.3, -0.25) is 9.59 Å². The number of halogens is 1. The summed E-state index contributed by atoms with van der Waals surface area (Å²) in [6.45, 7) is 0.667. The number of aliphatic carboxylic acids is 1. The number of carboxylic acids is 1. The van der Waals surface area contributed by atoms with Crippen LogP contribution < -0.4 is 0 Å². The van der Waals surface area contributed by atoms with Crippen LogP contribution in [-0.2, 0) is 22.4 Å². The van der Waals surface area contributed by atoms with Crippen LogP contribution in [0.15, 0.2) is 36.4 Å². The van der Waals surface area contributed by atoms with E-state index in [1.807, 2.05) is 29.2 Å². The highest BCUT2D eigenvalue weighted by atomic mass is 127. The van der Waals surface area contributed by atoms with E-state index in [-0.39, 0.29) is 18.4 Å². The zero-order chi connectivity index (χ0) is 21.1. The van der Waals surface area contributed by atoms with E-state index in [1.54, 1.807) is 11.8 Å². The number of amides is 1. The predicted octanol–water partition coefficient (Wildman–Crippen LogP) is 3.71. The van der Waals surface area contributed by atoms with Crippen molar-refractivity contribution in [2.75, 3.05) is 22.5 Å². The van der Waals surface area contributed by atoms with Gasteiger partial charge in [0.25, 0.3) is 0 Å². The molecule has 1 fully saturated rings. The quantitative estimate of drug-likeness (QED) is 0.176. The fourth-order valence-electron chi connectivity index (χ4n) is 3.42. The molecule has 0 saturated carbocycles. The van der Waals surface area contributed by atoms with Gasteiger partial charge in [0.2, 0.25) is 5.91 Å². The van der Waals surface area contributed by atoms with Gasteiger partial charge >= 0.3 is 5.97 Å². The SMILES string of the molecule is O=C(O)CCCSCCN1C(=O)CCC1/C=C/[C@@H](O)Cc1cccc(CCI)c1. The van der Waals surface area contributed by atoms with Crippen molar-refractivity contribution in [3.63, 3.8) is 0 Å². The molecular formula is C22H30INO4S. The fourth-order valence-corrected chi connectivity index (χ4v) is 4.93. The van der Waals surface area contributed by atoms with Gasteiger partial charge in [0.1, 0.15) is 0 Å². The van der Waals surface area contributed by atoms with Crippen molar-refractivity contribution in [3.05, 3.63) is 47.5 Å². The molecule has 1 unspecified atom stereocenters. The molecule has 1 saturated heterocycles. The van der Waals surface area contributed by atoms with Crippen molar-refractivity contribution >= 4 is 46.2 Å². The van der Waals surface area contributed by atoms with E-state index in [4.69, 9.17) is 5.11 Å². The van der Waals surface area contributed by atoms with Gasteiger partial charge in [-0.15, -0.1) is 0 Å². The highest BCUT2D eigenvalue weighted by Crippen LogP contribution is 2.21. The van der Waals surface area contributed by atoms with E-state index in [9.17, 15) is 14.7 Å². The maximum Gasteiger partial charge on any atom is 0.303 e. The lowest BCUT2D eigenvalue weighted by Gasteiger charge is -2.22. The molecule has 2 rings (SSSR count). The summed E-state index contributed by atoms with van der Waals surface area (Å²) in [6, 6.07) is 8.40. The molecule has 0 bridgehead atoms. The predicted molar refractivity (Wildman–Crippen MR) is 127 cm³/mol. The molecule has 1 aromatic carbocycles. The van der Waals surface area contributed by atoms with Crippen LogP contribution in [0.25, 0.3) is 0 Å². The van der Waals surface area contributed by atoms with Crippen molar-refractivity contribution in [2.45, 2.75) is 50.7 Å². The number of carbonyl (C=O) groups excluding carboxylic acids is 1. The summed E-state index contributed by atoms with van der Waals surface area (Å²) in [5.74, 6) is 0.999. The highest BCUT2D eigenvalue weighted by Gasteiger charge is 2.28. The number of benzene rings is 1. The van der Waals surface area contributed by atoms with Crippen molar-refractivity contribution in [1.29, 1.82) is 0 Å². The summed E-state index contributed by atoms with van der Waals surface area (Å²) < 4.78 is 1.08. The molecule has 2 atom stereocenters. The van der Waals surface area contributed by atoms with E-state index in [0.717, 1.165) is 34.3 Å². The first-order valence-electron chi connectivity index (χ1n) is 10.1. The van der Waals surface area contributed by atoms with Gasteiger partial charge in [-0.1, -0.05) is 59.0 Å². The van der Waals surface area contributed by atoms with Crippen molar-refractivity contribution < 1.29 is 19.8 Å². The minimum absolute atomic E-state index is 0.0436. The number of carbonyl (C=O) groups is 2. The van der Waals surface area contributed by atoms with Gasteiger partial charge in [0.05, 0.1) is 12.1 Å². The molecule has 0 radical (unpaired) electrons. The number of nitrogens with zero attached hydrogens (tertiary/aromatic N) is 1. The molecule has 1 aliphatic heterocycles. The number of aliphatic hydroxyl groups is 1. The van der Waals surface area contributed by atoms with Gasteiger partial charge in [-0.05, 0) is 36.1 Å². The Bertz CT molecular complexity index is 697. The first kappa shape index (κ1) is 24.2. The Balaban J connectivity index is 1.79. The van der Waals surface area contributed by atoms with E-state index in [2.05, 4.69) is 34.7 Å². The molecule has 1 amide bonds. The molecule has 7 heteroatoms. The molecular weight excluding hydrogens is 501 g/mol. The van der Waals surface area contributed by atoms with Gasteiger partial charge < -0.3 is 15.1 Å². The van der Waals surface area contributed by atoms with E-state index in [0.29, 0.717) is 25.8 Å². The first-order valence-corrected chi connectivity index (χ1v) is 12.8. The lowest BCUT2D eigenvalue weighted by molar-refractivity contribution is -0.137. The standard InChI is InChI=1S/C22H30INO4S/c23-11-10-17-3-1-4-18(15-17)16-20(25)8-6-19-7-9-21(26)24(19)12-14-29-13-2-5-22(27)28/h1,3-4,6,8,15,19-20,25H,2,5,7,9-14,16H2,(H,27,28)/b8-6+/t19?,20-/m1/s1. The maximum absolute atomic E-state index is 12.2. The fraction of sp³-hybridized carbons (Fsp3) is 0.545. The number of aliphatic hydroxyl groups excluding tert-OH is 1. The van der Waals surface area contributed by atoms with Crippen molar-refractivity contribution in [2.24, 2.45) is 0 Å². The molecule has 0 aliphatic carbocycles. The minimum atomic E-state index is -0.763. The summed E-state index contributed by atoms with van der Waals surface area (Å²) in [7, 11) is 0. The van der Waals surface area contributed by atoms with Crippen LogP contribution >= 0.6 is 34.4 Å². The number of likely N-dealkylation sites (tertiary alicyclic amines) is 1. The molecule has 2 N–H and O–H groups in total. The Hall–Kier alpha value is -1.06. The molecule has 5 nitrogen and oxygen atoms in total. The monoisotopic (exact) mass is 531 g/mol. The number of hydrogen-bond acceptors (Lipinski definition) is 4. The second kappa shape index (κ2) is 13.3. The van der Waals surface area contributed by atoms with Crippen LogP contribution in [0, 0.1) is 0 Å². The number of carboxylic acid groups (broad SMARTS) is 1. The second-order valence-electron chi connectivity index (χ2n) is 7.22. The average molecular weight is 531 g/mol. The summed E-state index contributed by atoms with van der Waals surface area (Å²) in [6.07, 6.45) is 7.03. The lowest BCUT2D eigenvalue weighted by Crippen LogP contribution is -2.34. The maximum atomic E-state index is 12.2. The molecule has 0 aromatic heterocycles. The Morgan fingerprint density at radius 2 is 2.14 bits per heavy atom. The smallest absolute Gasteiger partial charge is 0.303 e. The lowest BCUT2D eigenvalue weighted by atomic mass is 10.0. The van der Waals surface area contributed by atoms with Crippen molar-refractivity contribution in [3.8, 4) is 0 Å². The van der Waals surface area contributed by atoms with Crippen LogP contribution in [0.1, 0.15) is 36.8 Å². The third-order valence-corrected chi connectivity index (χ3v) is 6.49. The third kappa shape index (κ3) is 9.09. The van der Waals surface area contributed by atoms with Crippen LogP contribution in [0.2, 0.25) is 0 Å². The van der Waals surface area contributed by atoms with Crippen LogP contribution in [0.5, 0.6) is 0 Å². The van der Waals surface area contributed by atoms with Gasteiger partial charge in [0.15, 0.2) is 0 Å². The normalized spacial score (nSPS) is 17.9. The van der Waals surface area contributed by atoms with Crippen LogP contribution in [0.4, 0.5) is 0 Å². The van der Waals surface area contributed by atoms with E-state index < -0.39 is 12.1 Å². The summed E-state index contributed by atoms with van der Waals surface area (Å²) in [4.78, 5) is 24.6. The molecule has 1 aliphatic rings. The first-order chi connectivity index (χ1) is 14.0. The molecule has 1 aromatic rings. The van der Waals surface area contributed by atoms with Gasteiger partial charge in [-0.25, -0.2) is 0 Å². The van der Waals surface area contributed by atoms with Gasteiger partial charge in [0, 0.05) is 36.0 Å². The van der Waals surface area contributed by atoms with E-state index in [1.165, 1.54) is 5.56 Å². The van der Waals surface area contributed by atoms with Gasteiger partial charge in [-0.2, -0.15) is 11.8 Å². The number of alkyl halides is 1. The number of aryl methyl sites for hydroxylation is 1. The zero-order valence-electron chi connectivity index (χ0n) is 16.6. The van der Waals surface area contributed by atoms with Crippen LogP contribution in [-0.4, -0.2) is 61.6 Å². The number of rotatable bonds is 13. The Kier molecular flexibility index (Phi) is 11.1. The minimum Gasteiger partial charge on any atom is -0.481 e. The second-order valence-corrected chi connectivity index (χ2v) is 9.52. The molecule has 0 spiro atoms. The molecule has 1 heterocycles. The summed E-state index contributed by atoms with van der Waals surface area (Å²) >= 11 is 4.05. The Labute approximate surface area is 191 Å². The Morgan fingerprint density at radius 1 is 1.34 bits per heavy atom. The van der Waals surface area contributed by atoms with E-state index >= 15 is 0 Å². The average Bonchev–Trinajstić information content (AvgIpc) is 3.03. The Morgan fingerprint density at radius 3 is 2.90 bits per heavy atom. The topological polar surface area (TPSA) is 77.8 Å². The highest BCUT2D eigenvalue weighted by molar-refractivity contribution is 14.1. The summed E-state index contributed by atoms with van der Waals surface area (Å²) in [5.41, 5.74) is 2.42. The molecule has 29 heavy (non-hydrogen) atoms. The molecule has 160 valence electrons. The zero-order valence-corrected chi connectivity index (χ0v) is 19.6. The summed E-state index contributed by atoms with van der Waals surface area (Å²) in [5, 5.41) is 19.1. The number of thioether (sulfide) groups is 1. The number of hydrogen-bond donors (Lipinski definition) is 2. The van der Waals surface area contributed by atoms with Crippen LogP contribution in [0.3, 0.4) is 0 Å². The third-order valence-electron chi connectivity index (χ3n) is 4.91.